The molecule has 3 amide bonds. The molecule has 0 saturated carbocycles. The number of imide groups is 1. The molecule has 1 fully saturated rings. The number of aliphatic hydroxyl groups is 1. The van der Waals surface area contributed by atoms with Gasteiger partial charge in [-0.1, -0.05) is 40.2 Å². The molecule has 0 aliphatic carbocycles. The van der Waals surface area contributed by atoms with Crippen LogP contribution in [0.4, 0.5) is 10.5 Å². The molecule has 1 heterocycles. The number of β-amino-alcohol motifs (C(OH)–C–C–N with tert-alkyl or cyclic N) is 1. The molecule has 1 aliphatic heterocycles. The van der Waals surface area contributed by atoms with E-state index < -0.39 is 18.2 Å². The molecule has 1 saturated heterocycles. The molecule has 0 spiro atoms. The van der Waals surface area contributed by atoms with Crippen molar-refractivity contribution in [2.24, 2.45) is 0 Å². The zero-order chi connectivity index (χ0) is 18.7. The summed E-state index contributed by atoms with van der Waals surface area (Å²) in [7, 11) is 0. The summed E-state index contributed by atoms with van der Waals surface area (Å²) in [5.74, 6) is 0.261. The van der Waals surface area contributed by atoms with E-state index >= 15 is 0 Å². The van der Waals surface area contributed by atoms with E-state index in [2.05, 4.69) is 15.9 Å². The fourth-order valence-corrected chi connectivity index (χ4v) is 3.21. The van der Waals surface area contributed by atoms with Crippen molar-refractivity contribution in [2.45, 2.75) is 19.1 Å². The van der Waals surface area contributed by atoms with E-state index in [0.717, 1.165) is 9.37 Å². The largest absolute Gasteiger partial charge is 0.491 e. The molecule has 2 aromatic rings. The van der Waals surface area contributed by atoms with E-state index in [-0.39, 0.29) is 19.1 Å². The second kappa shape index (κ2) is 7.88. The molecule has 136 valence electrons. The zero-order valence-electron chi connectivity index (χ0n) is 14.2. The maximum Gasteiger partial charge on any atom is 0.332 e. The van der Waals surface area contributed by atoms with Crippen molar-refractivity contribution in [2.75, 3.05) is 18.1 Å². The van der Waals surface area contributed by atoms with Crippen LogP contribution in [0.3, 0.4) is 0 Å². The van der Waals surface area contributed by atoms with Gasteiger partial charge in [0.05, 0.1) is 6.54 Å². The van der Waals surface area contributed by atoms with Crippen LogP contribution in [-0.4, -0.2) is 47.2 Å². The summed E-state index contributed by atoms with van der Waals surface area (Å²) in [5.41, 5.74) is 0.653. The van der Waals surface area contributed by atoms with Crippen LogP contribution in [-0.2, 0) is 4.79 Å². The van der Waals surface area contributed by atoms with Crippen LogP contribution < -0.4 is 9.64 Å². The molecule has 0 aromatic heterocycles. The standard InChI is InChI=1S/C19H19BrN2O4/c1-13-18(24)21(19(25)22(13)15-7-3-2-4-8-15)11-16(23)12-26-17-9-5-6-14(20)10-17/h2-10,13,16,23H,11-12H2,1H3/t13-,16+/m0/s1. The Balaban J connectivity index is 1.63. The van der Waals surface area contributed by atoms with Crippen LogP contribution in [0.15, 0.2) is 59.1 Å². The van der Waals surface area contributed by atoms with E-state index in [1.165, 1.54) is 4.90 Å². The van der Waals surface area contributed by atoms with Gasteiger partial charge < -0.3 is 9.84 Å². The zero-order valence-corrected chi connectivity index (χ0v) is 15.8. The molecule has 7 heteroatoms. The lowest BCUT2D eigenvalue weighted by Crippen LogP contribution is -2.40. The number of aliphatic hydroxyl groups excluding tert-OH is 1. The lowest BCUT2D eigenvalue weighted by Gasteiger charge is -2.20. The van der Waals surface area contributed by atoms with Gasteiger partial charge in [-0.15, -0.1) is 0 Å². The molecule has 1 aliphatic rings. The molecule has 0 unspecified atom stereocenters. The predicted octanol–water partition coefficient (Wildman–Crippen LogP) is 3.05. The summed E-state index contributed by atoms with van der Waals surface area (Å²) in [6.07, 6.45) is -0.982. The first-order valence-electron chi connectivity index (χ1n) is 8.23. The fourth-order valence-electron chi connectivity index (χ4n) is 2.83. The fraction of sp³-hybridized carbons (Fsp3) is 0.263. The lowest BCUT2D eigenvalue weighted by molar-refractivity contribution is -0.128. The van der Waals surface area contributed by atoms with Gasteiger partial charge in [0.15, 0.2) is 0 Å². The number of carbonyl (C=O) groups is 2. The second-order valence-corrected chi connectivity index (χ2v) is 6.95. The van der Waals surface area contributed by atoms with Crippen LogP contribution in [0.25, 0.3) is 0 Å². The van der Waals surface area contributed by atoms with Crippen molar-refractivity contribution < 1.29 is 19.4 Å². The highest BCUT2D eigenvalue weighted by Crippen LogP contribution is 2.25. The molecule has 3 rings (SSSR count). The molecule has 6 nitrogen and oxygen atoms in total. The summed E-state index contributed by atoms with van der Waals surface area (Å²) in [4.78, 5) is 27.6. The van der Waals surface area contributed by atoms with Gasteiger partial charge in [-0.3, -0.25) is 14.6 Å². The number of hydrogen-bond acceptors (Lipinski definition) is 4. The lowest BCUT2D eigenvalue weighted by atomic mass is 10.2. The summed E-state index contributed by atoms with van der Waals surface area (Å²) in [6.45, 7) is 1.55. The molecular formula is C19H19BrN2O4. The number of amides is 3. The van der Waals surface area contributed by atoms with Crippen LogP contribution in [0, 0.1) is 0 Å². The van der Waals surface area contributed by atoms with Gasteiger partial charge in [0.2, 0.25) is 0 Å². The van der Waals surface area contributed by atoms with E-state index in [4.69, 9.17) is 4.74 Å². The maximum absolute atomic E-state index is 12.7. The van der Waals surface area contributed by atoms with E-state index in [1.807, 2.05) is 30.3 Å². The van der Waals surface area contributed by atoms with Gasteiger partial charge in [-0.05, 0) is 37.3 Å². The Morgan fingerprint density at radius 3 is 2.58 bits per heavy atom. The highest BCUT2D eigenvalue weighted by Gasteiger charge is 2.43. The minimum absolute atomic E-state index is 0.0206. The number of carbonyl (C=O) groups excluding carboxylic acids is 2. The summed E-state index contributed by atoms with van der Waals surface area (Å²) in [5, 5.41) is 10.2. The third-order valence-electron chi connectivity index (χ3n) is 4.11. The SMILES string of the molecule is C[C@H]1C(=O)N(C[C@@H](O)COc2cccc(Br)c2)C(=O)N1c1ccccc1. The Kier molecular flexibility index (Phi) is 5.58. The topological polar surface area (TPSA) is 70.1 Å². The van der Waals surface area contributed by atoms with E-state index in [1.54, 1.807) is 31.2 Å². The third kappa shape index (κ3) is 3.89. The van der Waals surface area contributed by atoms with Gasteiger partial charge in [0.1, 0.15) is 24.5 Å². The minimum Gasteiger partial charge on any atom is -0.491 e. The van der Waals surface area contributed by atoms with Gasteiger partial charge in [-0.2, -0.15) is 0 Å². The molecule has 1 N–H and O–H groups in total. The Morgan fingerprint density at radius 2 is 1.88 bits per heavy atom. The van der Waals surface area contributed by atoms with Crippen molar-refractivity contribution in [3.05, 3.63) is 59.1 Å². The molecule has 2 atom stereocenters. The van der Waals surface area contributed by atoms with E-state index in [0.29, 0.717) is 11.4 Å². The number of benzene rings is 2. The number of anilines is 1. The molecule has 0 radical (unpaired) electrons. The second-order valence-electron chi connectivity index (χ2n) is 6.04. The van der Waals surface area contributed by atoms with Crippen molar-refractivity contribution >= 4 is 33.6 Å². The van der Waals surface area contributed by atoms with Crippen molar-refractivity contribution in [3.63, 3.8) is 0 Å². The number of rotatable bonds is 6. The van der Waals surface area contributed by atoms with Crippen molar-refractivity contribution in [1.82, 2.24) is 4.90 Å². The molecular weight excluding hydrogens is 400 g/mol. The highest BCUT2D eigenvalue weighted by atomic mass is 79.9. The van der Waals surface area contributed by atoms with Gasteiger partial charge in [0, 0.05) is 10.2 Å². The summed E-state index contributed by atoms with van der Waals surface area (Å²) >= 11 is 3.35. The van der Waals surface area contributed by atoms with Gasteiger partial charge in [0.25, 0.3) is 5.91 Å². The van der Waals surface area contributed by atoms with E-state index in [9.17, 15) is 14.7 Å². The van der Waals surface area contributed by atoms with Crippen LogP contribution in [0.2, 0.25) is 0 Å². The monoisotopic (exact) mass is 418 g/mol. The summed E-state index contributed by atoms with van der Waals surface area (Å²) in [6, 6.07) is 15.2. The quantitative estimate of drug-likeness (QED) is 0.731. The third-order valence-corrected chi connectivity index (χ3v) is 4.61. The Bertz CT molecular complexity index is 799. The molecule has 2 aromatic carbocycles. The smallest absolute Gasteiger partial charge is 0.332 e. The Hall–Kier alpha value is -2.38. The Labute approximate surface area is 160 Å². The average Bonchev–Trinajstić information content (AvgIpc) is 2.84. The Morgan fingerprint density at radius 1 is 1.15 bits per heavy atom. The van der Waals surface area contributed by atoms with Gasteiger partial charge >= 0.3 is 6.03 Å². The highest BCUT2D eigenvalue weighted by molar-refractivity contribution is 9.10. The number of urea groups is 1. The van der Waals surface area contributed by atoms with Crippen LogP contribution >= 0.6 is 15.9 Å². The minimum atomic E-state index is -0.982. The van der Waals surface area contributed by atoms with Gasteiger partial charge in [-0.25, -0.2) is 4.79 Å². The summed E-state index contributed by atoms with van der Waals surface area (Å²) < 4.78 is 6.39. The van der Waals surface area contributed by atoms with Crippen molar-refractivity contribution in [3.8, 4) is 5.75 Å². The molecule has 0 bridgehead atoms. The normalized spacial score (nSPS) is 18.3. The predicted molar refractivity (Wildman–Crippen MR) is 101 cm³/mol. The maximum atomic E-state index is 12.7. The van der Waals surface area contributed by atoms with Crippen LogP contribution in [0.5, 0.6) is 5.75 Å². The first-order valence-corrected chi connectivity index (χ1v) is 9.02. The number of para-hydroxylation sites is 1. The average molecular weight is 419 g/mol. The van der Waals surface area contributed by atoms with Crippen molar-refractivity contribution in [1.29, 1.82) is 0 Å². The number of nitrogens with zero attached hydrogens (tertiary/aromatic N) is 2. The first kappa shape index (κ1) is 18.4. The molecule has 26 heavy (non-hydrogen) atoms. The number of hydrogen-bond donors (Lipinski definition) is 1. The number of halogens is 1. The van der Waals surface area contributed by atoms with Crippen LogP contribution in [0.1, 0.15) is 6.92 Å². The first-order chi connectivity index (χ1) is 12.5. The number of ether oxygens (including phenoxy) is 1.